The van der Waals surface area contributed by atoms with Gasteiger partial charge >= 0.3 is 0 Å². The summed E-state index contributed by atoms with van der Waals surface area (Å²) in [5, 5.41) is 5.75. The van der Waals surface area contributed by atoms with Crippen molar-refractivity contribution in [1.82, 2.24) is 0 Å². The van der Waals surface area contributed by atoms with Crippen molar-refractivity contribution < 1.29 is 19.1 Å². The molecule has 0 radical (unpaired) electrons. The van der Waals surface area contributed by atoms with Crippen molar-refractivity contribution in [3.63, 3.8) is 0 Å². The third kappa shape index (κ3) is 6.15. The number of amides is 2. The minimum absolute atomic E-state index is 0.282. The second-order valence-corrected chi connectivity index (χ2v) is 8.11. The van der Waals surface area contributed by atoms with Crippen LogP contribution in [0.15, 0.2) is 97.1 Å². The number of carbonyl (C=O) groups is 2. The molecule has 4 N–H and O–H groups in total. The van der Waals surface area contributed by atoms with Gasteiger partial charge < -0.3 is 25.8 Å². The predicted molar refractivity (Wildman–Crippen MR) is 148 cm³/mol. The van der Waals surface area contributed by atoms with Crippen LogP contribution in [0, 0.1) is 0 Å². The number of carbonyl (C=O) groups excluding carboxylic acids is 2. The molecule has 7 heteroatoms. The molecule has 2 amide bonds. The summed E-state index contributed by atoms with van der Waals surface area (Å²) in [6.45, 7) is 0. The number of rotatable bonds is 8. The first-order valence-corrected chi connectivity index (χ1v) is 11.5. The number of ether oxygens (including phenoxy) is 2. The summed E-state index contributed by atoms with van der Waals surface area (Å²) in [6, 6.07) is 28.5. The van der Waals surface area contributed by atoms with Crippen LogP contribution in [0.3, 0.4) is 0 Å². The lowest BCUT2D eigenvalue weighted by molar-refractivity contribution is -0.111. The summed E-state index contributed by atoms with van der Waals surface area (Å²) in [7, 11) is 3.10. The van der Waals surface area contributed by atoms with Crippen LogP contribution in [0.2, 0.25) is 0 Å². The Labute approximate surface area is 215 Å². The summed E-state index contributed by atoms with van der Waals surface area (Å²) in [6.07, 6.45) is 1.76. The number of anilines is 3. The Bertz CT molecular complexity index is 1430. The third-order valence-corrected chi connectivity index (χ3v) is 5.66. The Hall–Kier alpha value is -5.04. The zero-order valence-electron chi connectivity index (χ0n) is 20.5. The van der Waals surface area contributed by atoms with Crippen molar-refractivity contribution in [2.75, 3.05) is 30.6 Å². The Morgan fingerprint density at radius 2 is 1.38 bits per heavy atom. The fourth-order valence-corrected chi connectivity index (χ4v) is 3.71. The van der Waals surface area contributed by atoms with E-state index in [4.69, 9.17) is 15.2 Å². The third-order valence-electron chi connectivity index (χ3n) is 5.66. The molecule has 4 aromatic carbocycles. The van der Waals surface area contributed by atoms with Crippen molar-refractivity contribution in [2.24, 2.45) is 0 Å². The molecule has 0 aliphatic heterocycles. The topological polar surface area (TPSA) is 103 Å². The van der Waals surface area contributed by atoms with Crippen LogP contribution in [-0.4, -0.2) is 26.0 Å². The molecule has 0 bridgehead atoms. The van der Waals surface area contributed by atoms with Crippen molar-refractivity contribution in [3.8, 4) is 11.5 Å². The molecule has 0 spiro atoms. The standard InChI is InChI=1S/C30H27N3O4/c1-36-27-17-16-22(19-28(27)37-2)24(30(35)32-23-8-4-3-5-9-23)18-20-12-14-21(15-13-20)29(34)33-26-11-7-6-10-25(26)31/h3-19H,31H2,1-2H3,(H,32,35)(H,33,34). The van der Waals surface area contributed by atoms with Crippen LogP contribution in [0.5, 0.6) is 11.5 Å². The van der Waals surface area contributed by atoms with Crippen LogP contribution in [0.25, 0.3) is 11.6 Å². The molecular formula is C30H27N3O4. The lowest BCUT2D eigenvalue weighted by Crippen LogP contribution is -2.14. The number of methoxy groups -OCH3 is 2. The number of nitrogens with two attached hydrogens (primary N) is 1. The van der Waals surface area contributed by atoms with Crippen LogP contribution in [0.4, 0.5) is 17.1 Å². The Balaban J connectivity index is 1.64. The normalized spacial score (nSPS) is 10.9. The number of benzene rings is 4. The van der Waals surface area contributed by atoms with Gasteiger partial charge in [-0.1, -0.05) is 48.5 Å². The van der Waals surface area contributed by atoms with E-state index in [9.17, 15) is 9.59 Å². The second-order valence-electron chi connectivity index (χ2n) is 8.11. The molecule has 0 aliphatic carbocycles. The van der Waals surface area contributed by atoms with Crippen molar-refractivity contribution >= 4 is 40.5 Å². The maximum atomic E-state index is 13.4. The van der Waals surface area contributed by atoms with Gasteiger partial charge in [0.15, 0.2) is 11.5 Å². The molecule has 7 nitrogen and oxygen atoms in total. The molecule has 186 valence electrons. The van der Waals surface area contributed by atoms with Gasteiger partial charge in [-0.25, -0.2) is 0 Å². The van der Waals surface area contributed by atoms with Gasteiger partial charge in [-0.05, 0) is 65.7 Å². The number of hydrogen-bond donors (Lipinski definition) is 3. The second kappa shape index (κ2) is 11.6. The molecule has 0 atom stereocenters. The highest BCUT2D eigenvalue weighted by Gasteiger charge is 2.16. The van der Waals surface area contributed by atoms with Crippen LogP contribution in [-0.2, 0) is 4.79 Å². The molecule has 37 heavy (non-hydrogen) atoms. The molecule has 0 saturated heterocycles. The molecular weight excluding hydrogens is 466 g/mol. The van der Waals surface area contributed by atoms with Gasteiger partial charge in [0, 0.05) is 16.8 Å². The first-order valence-electron chi connectivity index (χ1n) is 11.5. The van der Waals surface area contributed by atoms with Crippen LogP contribution < -0.4 is 25.8 Å². The van der Waals surface area contributed by atoms with E-state index in [-0.39, 0.29) is 11.8 Å². The molecule has 4 rings (SSSR count). The average Bonchev–Trinajstić information content (AvgIpc) is 2.93. The van der Waals surface area contributed by atoms with Gasteiger partial charge in [0.1, 0.15) is 0 Å². The highest BCUT2D eigenvalue weighted by Crippen LogP contribution is 2.32. The van der Waals surface area contributed by atoms with Crippen molar-refractivity contribution in [3.05, 3.63) is 114 Å². The molecule has 0 unspecified atom stereocenters. The fourth-order valence-electron chi connectivity index (χ4n) is 3.71. The van der Waals surface area contributed by atoms with E-state index in [1.165, 1.54) is 0 Å². The number of nitrogens with one attached hydrogen (secondary N) is 2. The highest BCUT2D eigenvalue weighted by molar-refractivity contribution is 6.29. The van der Waals surface area contributed by atoms with E-state index in [0.717, 1.165) is 5.56 Å². The first kappa shape index (κ1) is 25.1. The largest absolute Gasteiger partial charge is 0.493 e. The molecule has 0 saturated carbocycles. The summed E-state index contributed by atoms with van der Waals surface area (Å²) in [5.74, 6) is 0.490. The fraction of sp³-hybridized carbons (Fsp3) is 0.0667. The zero-order valence-corrected chi connectivity index (χ0v) is 20.5. The van der Waals surface area contributed by atoms with Crippen molar-refractivity contribution in [2.45, 2.75) is 0 Å². The number of para-hydroxylation sites is 3. The van der Waals surface area contributed by atoms with E-state index in [1.807, 2.05) is 30.3 Å². The maximum Gasteiger partial charge on any atom is 0.256 e. The van der Waals surface area contributed by atoms with E-state index < -0.39 is 0 Å². The molecule has 0 aliphatic rings. The lowest BCUT2D eigenvalue weighted by Gasteiger charge is -2.13. The lowest BCUT2D eigenvalue weighted by atomic mass is 10.0. The number of nitrogen functional groups attached to an aromatic ring is 1. The molecule has 0 heterocycles. The van der Waals surface area contributed by atoms with Gasteiger partial charge in [0.2, 0.25) is 0 Å². The predicted octanol–water partition coefficient (Wildman–Crippen LogP) is 5.72. The quantitative estimate of drug-likeness (QED) is 0.166. The number of hydrogen-bond acceptors (Lipinski definition) is 5. The van der Waals surface area contributed by atoms with E-state index in [1.54, 1.807) is 87.0 Å². The van der Waals surface area contributed by atoms with Crippen LogP contribution >= 0.6 is 0 Å². The van der Waals surface area contributed by atoms with Gasteiger partial charge in [0.05, 0.1) is 25.6 Å². The summed E-state index contributed by atoms with van der Waals surface area (Å²) >= 11 is 0. The minimum atomic E-state index is -0.292. The smallest absolute Gasteiger partial charge is 0.256 e. The maximum absolute atomic E-state index is 13.4. The summed E-state index contributed by atoms with van der Waals surface area (Å²) < 4.78 is 10.8. The van der Waals surface area contributed by atoms with Crippen molar-refractivity contribution in [1.29, 1.82) is 0 Å². The van der Waals surface area contributed by atoms with E-state index in [0.29, 0.717) is 45.3 Å². The van der Waals surface area contributed by atoms with E-state index >= 15 is 0 Å². The average molecular weight is 494 g/mol. The zero-order chi connectivity index (χ0) is 26.2. The van der Waals surface area contributed by atoms with Gasteiger partial charge in [-0.2, -0.15) is 0 Å². The molecule has 4 aromatic rings. The van der Waals surface area contributed by atoms with E-state index in [2.05, 4.69) is 10.6 Å². The van der Waals surface area contributed by atoms with Crippen LogP contribution in [0.1, 0.15) is 21.5 Å². The summed E-state index contributed by atoms with van der Waals surface area (Å²) in [4.78, 5) is 26.0. The van der Waals surface area contributed by atoms with Gasteiger partial charge in [-0.3, -0.25) is 9.59 Å². The van der Waals surface area contributed by atoms with Gasteiger partial charge in [-0.15, -0.1) is 0 Å². The molecule has 0 fully saturated rings. The Kier molecular flexibility index (Phi) is 7.85. The SMILES string of the molecule is COc1ccc(C(=Cc2ccc(C(=O)Nc3ccccc3N)cc2)C(=O)Nc2ccccc2)cc1OC. The summed E-state index contributed by atoms with van der Waals surface area (Å²) in [5.41, 5.74) is 9.89. The monoisotopic (exact) mass is 493 g/mol. The van der Waals surface area contributed by atoms with Gasteiger partial charge in [0.25, 0.3) is 11.8 Å². The Morgan fingerprint density at radius 3 is 2.05 bits per heavy atom. The Morgan fingerprint density at radius 1 is 0.730 bits per heavy atom. The minimum Gasteiger partial charge on any atom is -0.493 e. The first-order chi connectivity index (χ1) is 18.0. The molecule has 0 aromatic heterocycles. The highest BCUT2D eigenvalue weighted by atomic mass is 16.5.